The third-order valence-electron chi connectivity index (χ3n) is 2.87. The summed E-state index contributed by atoms with van der Waals surface area (Å²) in [7, 11) is 0. The van der Waals surface area contributed by atoms with Crippen molar-refractivity contribution in [3.05, 3.63) is 0 Å². The molecule has 1 fully saturated rings. The number of carbonyl (C=O) groups excluding carboxylic acids is 2. The zero-order valence-corrected chi connectivity index (χ0v) is 11.2. The summed E-state index contributed by atoms with van der Waals surface area (Å²) in [6.07, 6.45) is 0.908. The van der Waals surface area contributed by atoms with Gasteiger partial charge in [-0.05, 0) is 13.3 Å². The minimum atomic E-state index is -0.346. The van der Waals surface area contributed by atoms with Crippen LogP contribution in [0, 0.1) is 0 Å². The Bertz CT molecular complexity index is 278. The van der Waals surface area contributed by atoms with Crippen molar-refractivity contribution in [1.29, 1.82) is 0 Å². The van der Waals surface area contributed by atoms with Crippen molar-refractivity contribution in [1.82, 2.24) is 15.5 Å². The van der Waals surface area contributed by atoms with E-state index < -0.39 is 0 Å². The summed E-state index contributed by atoms with van der Waals surface area (Å²) in [5.74, 6) is -0.0416. The Morgan fingerprint density at radius 2 is 2.00 bits per heavy atom. The molecule has 1 unspecified atom stereocenters. The van der Waals surface area contributed by atoms with Gasteiger partial charge >= 0.3 is 0 Å². The maximum Gasteiger partial charge on any atom is 0.236 e. The third-order valence-corrected chi connectivity index (χ3v) is 2.87. The molecule has 0 spiro atoms. The highest BCUT2D eigenvalue weighted by molar-refractivity contribution is 5.83. The highest BCUT2D eigenvalue weighted by atomic mass is 16.5. The molecular formula is C12H23N3O3. The van der Waals surface area contributed by atoms with Crippen LogP contribution in [0.3, 0.4) is 0 Å². The minimum Gasteiger partial charge on any atom is -0.378 e. The summed E-state index contributed by atoms with van der Waals surface area (Å²) in [5.41, 5.74) is 0. The molecule has 18 heavy (non-hydrogen) atoms. The molecular weight excluding hydrogens is 234 g/mol. The Hall–Kier alpha value is -1.14. The number of amides is 2. The lowest BCUT2D eigenvalue weighted by molar-refractivity contribution is -0.134. The molecule has 2 amide bonds. The molecule has 1 atom stereocenters. The fourth-order valence-electron chi connectivity index (χ4n) is 1.66. The fourth-order valence-corrected chi connectivity index (χ4v) is 1.66. The van der Waals surface area contributed by atoms with Gasteiger partial charge in [0.05, 0.1) is 25.8 Å². The molecule has 0 aromatic heterocycles. The molecule has 1 saturated heterocycles. The second-order valence-electron chi connectivity index (χ2n) is 4.39. The van der Waals surface area contributed by atoms with Gasteiger partial charge in [0.2, 0.25) is 11.8 Å². The molecule has 1 heterocycles. The highest BCUT2D eigenvalue weighted by Gasteiger charge is 2.18. The van der Waals surface area contributed by atoms with Crippen molar-refractivity contribution in [2.24, 2.45) is 0 Å². The van der Waals surface area contributed by atoms with Gasteiger partial charge in [-0.1, -0.05) is 6.92 Å². The van der Waals surface area contributed by atoms with Gasteiger partial charge in [0.25, 0.3) is 0 Å². The lowest BCUT2D eigenvalue weighted by Crippen LogP contribution is -2.49. The van der Waals surface area contributed by atoms with E-state index in [1.54, 1.807) is 11.8 Å². The Kier molecular flexibility index (Phi) is 6.67. The number of hydrogen-bond acceptors (Lipinski definition) is 4. The summed E-state index contributed by atoms with van der Waals surface area (Å²) >= 11 is 0. The Morgan fingerprint density at radius 3 is 2.61 bits per heavy atom. The van der Waals surface area contributed by atoms with Gasteiger partial charge in [-0.2, -0.15) is 0 Å². The first-order valence-electron chi connectivity index (χ1n) is 6.51. The van der Waals surface area contributed by atoms with Crippen molar-refractivity contribution in [3.8, 4) is 0 Å². The molecule has 1 rings (SSSR count). The highest BCUT2D eigenvalue weighted by Crippen LogP contribution is 1.96. The van der Waals surface area contributed by atoms with Gasteiger partial charge in [-0.25, -0.2) is 0 Å². The van der Waals surface area contributed by atoms with E-state index in [1.165, 1.54) is 0 Å². The average molecular weight is 257 g/mol. The second kappa shape index (κ2) is 8.05. The number of ether oxygens (including phenoxy) is 1. The second-order valence-corrected chi connectivity index (χ2v) is 4.39. The molecule has 6 heteroatoms. The van der Waals surface area contributed by atoms with E-state index in [0.29, 0.717) is 32.8 Å². The van der Waals surface area contributed by atoms with Crippen molar-refractivity contribution in [3.63, 3.8) is 0 Å². The molecule has 104 valence electrons. The van der Waals surface area contributed by atoms with Crippen LogP contribution in [0.1, 0.15) is 20.3 Å². The van der Waals surface area contributed by atoms with Gasteiger partial charge in [0.15, 0.2) is 0 Å². The number of nitrogens with zero attached hydrogens (tertiary/aromatic N) is 1. The van der Waals surface area contributed by atoms with Crippen LogP contribution in [-0.2, 0) is 14.3 Å². The lowest BCUT2D eigenvalue weighted by atomic mass is 10.3. The molecule has 0 bridgehead atoms. The number of rotatable bonds is 6. The third kappa shape index (κ3) is 5.01. The van der Waals surface area contributed by atoms with Crippen LogP contribution in [-0.4, -0.2) is 62.1 Å². The normalized spacial score (nSPS) is 17.3. The molecule has 2 N–H and O–H groups in total. The average Bonchev–Trinajstić information content (AvgIpc) is 2.42. The Labute approximate surface area is 108 Å². The first-order valence-corrected chi connectivity index (χ1v) is 6.51. The van der Waals surface area contributed by atoms with Crippen LogP contribution >= 0.6 is 0 Å². The summed E-state index contributed by atoms with van der Waals surface area (Å²) in [4.78, 5) is 25.1. The van der Waals surface area contributed by atoms with Crippen LogP contribution in [0.15, 0.2) is 0 Å². The van der Waals surface area contributed by atoms with E-state index >= 15 is 0 Å². The molecule has 0 aromatic carbocycles. The Balaban J connectivity index is 2.22. The van der Waals surface area contributed by atoms with Crippen molar-refractivity contribution >= 4 is 11.8 Å². The SMILES string of the molecule is CCCNC(=O)C(C)NCC(=O)N1CCOCC1. The Morgan fingerprint density at radius 1 is 1.33 bits per heavy atom. The van der Waals surface area contributed by atoms with E-state index in [4.69, 9.17) is 4.74 Å². The summed E-state index contributed by atoms with van der Waals surface area (Å²) in [5, 5.41) is 5.73. The smallest absolute Gasteiger partial charge is 0.236 e. The fraction of sp³-hybridized carbons (Fsp3) is 0.833. The number of nitrogens with one attached hydrogen (secondary N) is 2. The zero-order chi connectivity index (χ0) is 13.4. The van der Waals surface area contributed by atoms with E-state index in [-0.39, 0.29) is 24.4 Å². The molecule has 0 aliphatic carbocycles. The van der Waals surface area contributed by atoms with Crippen LogP contribution < -0.4 is 10.6 Å². The van der Waals surface area contributed by atoms with Crippen molar-refractivity contribution in [2.45, 2.75) is 26.3 Å². The lowest BCUT2D eigenvalue weighted by Gasteiger charge is -2.27. The van der Waals surface area contributed by atoms with Gasteiger partial charge in [0.1, 0.15) is 0 Å². The topological polar surface area (TPSA) is 70.7 Å². The standard InChI is InChI=1S/C12H23N3O3/c1-3-4-13-12(17)10(2)14-9-11(16)15-5-7-18-8-6-15/h10,14H,3-9H2,1-2H3,(H,13,17). The van der Waals surface area contributed by atoms with Gasteiger partial charge in [0, 0.05) is 19.6 Å². The van der Waals surface area contributed by atoms with Crippen LogP contribution in [0.2, 0.25) is 0 Å². The molecule has 1 aliphatic heterocycles. The number of carbonyl (C=O) groups is 2. The maximum atomic E-state index is 11.8. The van der Waals surface area contributed by atoms with E-state index in [1.807, 2.05) is 6.92 Å². The van der Waals surface area contributed by atoms with Crippen LogP contribution in [0.25, 0.3) is 0 Å². The predicted molar refractivity (Wildman–Crippen MR) is 68.2 cm³/mol. The van der Waals surface area contributed by atoms with E-state index in [9.17, 15) is 9.59 Å². The number of morpholine rings is 1. The van der Waals surface area contributed by atoms with Gasteiger partial charge in [-0.3, -0.25) is 14.9 Å². The quantitative estimate of drug-likeness (QED) is 0.663. The van der Waals surface area contributed by atoms with E-state index in [2.05, 4.69) is 10.6 Å². The summed E-state index contributed by atoms with van der Waals surface area (Å²) in [6.45, 7) is 7.09. The summed E-state index contributed by atoms with van der Waals surface area (Å²) < 4.78 is 5.18. The summed E-state index contributed by atoms with van der Waals surface area (Å²) in [6, 6.07) is -0.346. The number of hydrogen-bond donors (Lipinski definition) is 2. The molecule has 6 nitrogen and oxygen atoms in total. The van der Waals surface area contributed by atoms with E-state index in [0.717, 1.165) is 6.42 Å². The van der Waals surface area contributed by atoms with Crippen LogP contribution in [0.5, 0.6) is 0 Å². The van der Waals surface area contributed by atoms with Crippen molar-refractivity contribution < 1.29 is 14.3 Å². The monoisotopic (exact) mass is 257 g/mol. The van der Waals surface area contributed by atoms with Crippen molar-refractivity contribution in [2.75, 3.05) is 39.4 Å². The zero-order valence-electron chi connectivity index (χ0n) is 11.2. The molecule has 1 aliphatic rings. The minimum absolute atomic E-state index is 0.0217. The maximum absolute atomic E-state index is 11.8. The van der Waals surface area contributed by atoms with Crippen LogP contribution in [0.4, 0.5) is 0 Å². The van der Waals surface area contributed by atoms with Gasteiger partial charge in [-0.15, -0.1) is 0 Å². The molecule has 0 radical (unpaired) electrons. The largest absolute Gasteiger partial charge is 0.378 e. The molecule has 0 saturated carbocycles. The first kappa shape index (κ1) is 14.9. The molecule has 0 aromatic rings. The first-order chi connectivity index (χ1) is 8.65. The predicted octanol–water partition coefficient (Wildman–Crippen LogP) is -0.650. The van der Waals surface area contributed by atoms with Gasteiger partial charge < -0.3 is 15.0 Å².